The zero-order chi connectivity index (χ0) is 14.4. The normalized spacial score (nSPS) is 25.5. The second kappa shape index (κ2) is 7.79. The number of nitrogens with one attached hydrogen (secondary N) is 1. The fraction of sp³-hybridized carbons (Fsp3) is 0.625. The molecule has 0 heterocycles. The van der Waals surface area contributed by atoms with Crippen LogP contribution in [0.2, 0.25) is 0 Å². The third kappa shape index (κ3) is 3.61. The minimum Gasteiger partial charge on any atom is -0.495 e. The van der Waals surface area contributed by atoms with Crippen LogP contribution in [0.1, 0.15) is 38.5 Å². The van der Waals surface area contributed by atoms with Crippen molar-refractivity contribution in [3.05, 3.63) is 24.3 Å². The molecule has 3 nitrogen and oxygen atoms in total. The predicted molar refractivity (Wildman–Crippen MR) is 83.7 cm³/mol. The smallest absolute Gasteiger partial charge is 0.134 e. The van der Waals surface area contributed by atoms with Gasteiger partial charge < -0.3 is 10.1 Å². The summed E-state index contributed by atoms with van der Waals surface area (Å²) in [6, 6.07) is 8.02. The highest BCUT2D eigenvalue weighted by Gasteiger charge is 2.29. The maximum absolute atomic E-state index is 13.0. The van der Waals surface area contributed by atoms with Gasteiger partial charge in [-0.05, 0) is 32.0 Å². The summed E-state index contributed by atoms with van der Waals surface area (Å²) in [5.41, 5.74) is 0. The molecule has 0 aromatic heterocycles. The Kier molecular flexibility index (Phi) is 6.05. The van der Waals surface area contributed by atoms with Crippen molar-refractivity contribution >= 4 is 10.8 Å². The van der Waals surface area contributed by atoms with Gasteiger partial charge in [-0.15, -0.1) is 0 Å². The lowest BCUT2D eigenvalue weighted by Crippen LogP contribution is -2.41. The molecule has 3 unspecified atom stereocenters. The summed E-state index contributed by atoms with van der Waals surface area (Å²) in [5, 5.41) is 3.55. The van der Waals surface area contributed by atoms with Crippen LogP contribution < -0.4 is 10.1 Å². The van der Waals surface area contributed by atoms with Crippen LogP contribution in [-0.2, 0) is 10.8 Å². The molecule has 1 aromatic carbocycles. The van der Waals surface area contributed by atoms with E-state index in [1.54, 1.807) is 7.11 Å². The molecule has 0 bridgehead atoms. The van der Waals surface area contributed by atoms with E-state index in [1.165, 1.54) is 25.7 Å². The average molecular weight is 295 g/mol. The monoisotopic (exact) mass is 295 g/mol. The summed E-state index contributed by atoms with van der Waals surface area (Å²) < 4.78 is 18.4. The highest BCUT2D eigenvalue weighted by atomic mass is 32.2. The van der Waals surface area contributed by atoms with Gasteiger partial charge in [-0.25, -0.2) is 0 Å². The fourth-order valence-corrected chi connectivity index (χ4v) is 4.82. The molecule has 0 amide bonds. The van der Waals surface area contributed by atoms with Gasteiger partial charge in [0.05, 0.1) is 28.1 Å². The Morgan fingerprint density at radius 1 is 1.15 bits per heavy atom. The van der Waals surface area contributed by atoms with Gasteiger partial charge in [0, 0.05) is 6.04 Å². The number of hydrogen-bond acceptors (Lipinski definition) is 3. The molecule has 1 N–H and O–H groups in total. The summed E-state index contributed by atoms with van der Waals surface area (Å²) in [4.78, 5) is 0.834. The second-order valence-corrected chi connectivity index (χ2v) is 7.01. The molecule has 20 heavy (non-hydrogen) atoms. The van der Waals surface area contributed by atoms with E-state index in [0.29, 0.717) is 6.04 Å². The minimum absolute atomic E-state index is 0.177. The summed E-state index contributed by atoms with van der Waals surface area (Å²) in [7, 11) is 2.61. The van der Waals surface area contributed by atoms with Crippen LogP contribution in [0.5, 0.6) is 5.75 Å². The lowest BCUT2D eigenvalue weighted by Gasteiger charge is -2.28. The van der Waals surface area contributed by atoms with Crippen molar-refractivity contribution in [2.75, 3.05) is 14.2 Å². The molecule has 3 atom stereocenters. The van der Waals surface area contributed by atoms with Gasteiger partial charge in [0.1, 0.15) is 5.75 Å². The van der Waals surface area contributed by atoms with Crippen LogP contribution in [0, 0.1) is 0 Å². The standard InChI is InChI=1S/C16H25NO2S/c1-17-13-9-5-3-4-6-11-15(13)20(18)16-12-8-7-10-14(16)19-2/h7-8,10,12-13,15,17H,3-6,9,11H2,1-2H3. The first-order valence-corrected chi connectivity index (χ1v) is 8.70. The molecular weight excluding hydrogens is 270 g/mol. The van der Waals surface area contributed by atoms with E-state index in [2.05, 4.69) is 5.32 Å². The number of rotatable bonds is 4. The molecule has 1 aromatic rings. The third-order valence-corrected chi connectivity index (χ3v) is 6.02. The Morgan fingerprint density at radius 3 is 2.55 bits per heavy atom. The van der Waals surface area contributed by atoms with E-state index in [4.69, 9.17) is 4.74 Å². The highest BCUT2D eigenvalue weighted by molar-refractivity contribution is 7.85. The van der Waals surface area contributed by atoms with Gasteiger partial charge in [0.15, 0.2) is 0 Å². The van der Waals surface area contributed by atoms with Crippen molar-refractivity contribution < 1.29 is 8.95 Å². The van der Waals surface area contributed by atoms with E-state index < -0.39 is 10.8 Å². The van der Waals surface area contributed by atoms with Crippen molar-refractivity contribution in [1.82, 2.24) is 5.32 Å². The van der Waals surface area contributed by atoms with E-state index in [9.17, 15) is 4.21 Å². The Balaban J connectivity index is 2.23. The topological polar surface area (TPSA) is 38.3 Å². The van der Waals surface area contributed by atoms with Crippen molar-refractivity contribution in [2.24, 2.45) is 0 Å². The number of para-hydroxylation sites is 1. The van der Waals surface area contributed by atoms with Gasteiger partial charge in [-0.3, -0.25) is 4.21 Å². The maximum atomic E-state index is 13.0. The van der Waals surface area contributed by atoms with E-state index in [-0.39, 0.29) is 5.25 Å². The Labute approximate surface area is 124 Å². The summed E-state index contributed by atoms with van der Waals surface area (Å²) in [5.74, 6) is 0.739. The largest absolute Gasteiger partial charge is 0.495 e. The Bertz CT molecular complexity index is 450. The first kappa shape index (κ1) is 15.5. The molecule has 0 aliphatic heterocycles. The lowest BCUT2D eigenvalue weighted by atomic mass is 9.96. The van der Waals surface area contributed by atoms with Crippen molar-refractivity contribution in [3.8, 4) is 5.75 Å². The van der Waals surface area contributed by atoms with Crippen LogP contribution in [0.25, 0.3) is 0 Å². The zero-order valence-electron chi connectivity index (χ0n) is 12.4. The molecule has 1 aliphatic carbocycles. The molecule has 0 radical (unpaired) electrons. The van der Waals surface area contributed by atoms with Gasteiger partial charge in [-0.1, -0.05) is 37.8 Å². The van der Waals surface area contributed by atoms with Gasteiger partial charge >= 0.3 is 0 Å². The molecule has 1 aliphatic rings. The van der Waals surface area contributed by atoms with Crippen LogP contribution in [-0.4, -0.2) is 29.7 Å². The zero-order valence-corrected chi connectivity index (χ0v) is 13.2. The number of benzene rings is 1. The third-order valence-electron chi connectivity index (χ3n) is 4.13. The van der Waals surface area contributed by atoms with Gasteiger partial charge in [0.25, 0.3) is 0 Å². The minimum atomic E-state index is -1.02. The van der Waals surface area contributed by atoms with Crippen LogP contribution >= 0.6 is 0 Å². The molecule has 1 fully saturated rings. The molecule has 1 saturated carbocycles. The number of methoxy groups -OCH3 is 1. The summed E-state index contributed by atoms with van der Waals surface area (Å²) in [6.07, 6.45) is 7.09. The Hall–Kier alpha value is -0.870. The number of ether oxygens (including phenoxy) is 1. The van der Waals surface area contributed by atoms with Gasteiger partial charge in [-0.2, -0.15) is 0 Å². The predicted octanol–water partition coefficient (Wildman–Crippen LogP) is 3.11. The van der Waals surface area contributed by atoms with Crippen molar-refractivity contribution in [2.45, 2.75) is 54.7 Å². The fourth-order valence-electron chi connectivity index (χ4n) is 2.98. The van der Waals surface area contributed by atoms with E-state index in [1.807, 2.05) is 31.3 Å². The SMILES string of the molecule is CNC1CCCCCCC1S(=O)c1ccccc1OC. The average Bonchev–Trinajstić information content (AvgIpc) is 2.46. The van der Waals surface area contributed by atoms with Crippen molar-refractivity contribution in [1.29, 1.82) is 0 Å². The molecule has 0 spiro atoms. The Morgan fingerprint density at radius 2 is 1.85 bits per heavy atom. The first-order chi connectivity index (χ1) is 9.77. The molecular formula is C16H25NO2S. The highest BCUT2D eigenvalue weighted by Crippen LogP contribution is 2.29. The van der Waals surface area contributed by atoms with Crippen LogP contribution in [0.3, 0.4) is 0 Å². The first-order valence-electron chi connectivity index (χ1n) is 7.48. The second-order valence-electron chi connectivity index (χ2n) is 5.37. The van der Waals surface area contributed by atoms with Crippen LogP contribution in [0.15, 0.2) is 29.2 Å². The van der Waals surface area contributed by atoms with Crippen LogP contribution in [0.4, 0.5) is 0 Å². The summed E-state index contributed by atoms with van der Waals surface area (Å²) in [6.45, 7) is 0. The van der Waals surface area contributed by atoms with E-state index >= 15 is 0 Å². The lowest BCUT2D eigenvalue weighted by molar-refractivity contribution is 0.399. The molecule has 4 heteroatoms. The van der Waals surface area contributed by atoms with E-state index in [0.717, 1.165) is 23.5 Å². The van der Waals surface area contributed by atoms with Gasteiger partial charge in [0.2, 0.25) is 0 Å². The molecule has 0 saturated heterocycles. The van der Waals surface area contributed by atoms with Crippen molar-refractivity contribution in [3.63, 3.8) is 0 Å². The maximum Gasteiger partial charge on any atom is 0.134 e. The number of hydrogen-bond donors (Lipinski definition) is 1. The summed E-state index contributed by atoms with van der Waals surface area (Å²) >= 11 is 0. The molecule has 112 valence electrons. The quantitative estimate of drug-likeness (QED) is 0.927. The molecule has 2 rings (SSSR count).